The van der Waals surface area contributed by atoms with E-state index in [1.807, 2.05) is 0 Å². The van der Waals surface area contributed by atoms with Crippen LogP contribution in [0.2, 0.25) is 0 Å². The van der Waals surface area contributed by atoms with Crippen molar-refractivity contribution < 1.29 is 27.5 Å². The molecule has 2 aliphatic rings. The first-order valence-corrected chi connectivity index (χ1v) is 9.33. The van der Waals surface area contributed by atoms with Crippen molar-refractivity contribution >= 4 is 33.3 Å². The fourth-order valence-corrected chi connectivity index (χ4v) is 4.15. The minimum Gasteiger partial charge on any atom is -0.419 e. The topological polar surface area (TPSA) is 102 Å². The molecule has 2 aliphatic heterocycles. The fourth-order valence-electron chi connectivity index (χ4n) is 2.59. The molecule has 25 heavy (non-hydrogen) atoms. The number of nitrogens with zero attached hydrogens (tertiary/aromatic N) is 1. The highest BCUT2D eigenvalue weighted by Crippen LogP contribution is 2.26. The van der Waals surface area contributed by atoms with Gasteiger partial charge in [0.05, 0.1) is 11.4 Å². The van der Waals surface area contributed by atoms with Crippen molar-refractivity contribution in [3.8, 4) is 0 Å². The summed E-state index contributed by atoms with van der Waals surface area (Å²) in [6.07, 6.45) is 1.82. The molecule has 8 nitrogen and oxygen atoms in total. The molecule has 0 aromatic heterocycles. The second-order valence-corrected chi connectivity index (χ2v) is 8.18. The Kier molecular flexibility index (Phi) is 4.19. The SMILES string of the molecule is CC1(C)OC(=O)C(=CNc2ccc(N3CCCS3(=O)=O)cc2)C(=O)O1. The van der Waals surface area contributed by atoms with Crippen molar-refractivity contribution in [2.24, 2.45) is 0 Å². The lowest BCUT2D eigenvalue weighted by molar-refractivity contribution is -0.222. The van der Waals surface area contributed by atoms with Crippen molar-refractivity contribution in [3.63, 3.8) is 0 Å². The number of rotatable bonds is 3. The van der Waals surface area contributed by atoms with E-state index in [2.05, 4.69) is 5.32 Å². The number of cyclic esters (lactones) is 2. The summed E-state index contributed by atoms with van der Waals surface area (Å²) in [7, 11) is -3.23. The van der Waals surface area contributed by atoms with Gasteiger partial charge in [-0.1, -0.05) is 0 Å². The first-order chi connectivity index (χ1) is 11.7. The third-order valence-corrected chi connectivity index (χ3v) is 5.62. The molecule has 0 bridgehead atoms. The molecule has 134 valence electrons. The van der Waals surface area contributed by atoms with E-state index >= 15 is 0 Å². The highest BCUT2D eigenvalue weighted by Gasteiger charge is 2.39. The zero-order chi connectivity index (χ0) is 18.2. The van der Waals surface area contributed by atoms with Gasteiger partial charge in [-0.2, -0.15) is 0 Å². The molecule has 3 rings (SSSR count). The lowest BCUT2D eigenvalue weighted by Crippen LogP contribution is -2.42. The Hall–Kier alpha value is -2.55. The van der Waals surface area contributed by atoms with Gasteiger partial charge in [0, 0.05) is 32.3 Å². The summed E-state index contributed by atoms with van der Waals surface area (Å²) in [6, 6.07) is 6.63. The molecule has 1 aromatic carbocycles. The summed E-state index contributed by atoms with van der Waals surface area (Å²) < 4.78 is 35.2. The van der Waals surface area contributed by atoms with Crippen LogP contribution in [0.1, 0.15) is 20.3 Å². The van der Waals surface area contributed by atoms with E-state index in [9.17, 15) is 18.0 Å². The molecular formula is C16H18N2O6S. The third-order valence-electron chi connectivity index (χ3n) is 3.75. The number of sulfonamides is 1. The quantitative estimate of drug-likeness (QED) is 0.489. The van der Waals surface area contributed by atoms with Gasteiger partial charge in [0.25, 0.3) is 5.79 Å². The van der Waals surface area contributed by atoms with Crippen LogP contribution < -0.4 is 9.62 Å². The fraction of sp³-hybridized carbons (Fsp3) is 0.375. The van der Waals surface area contributed by atoms with Crippen molar-refractivity contribution in [2.45, 2.75) is 26.1 Å². The monoisotopic (exact) mass is 366 g/mol. The predicted molar refractivity (Wildman–Crippen MR) is 90.2 cm³/mol. The van der Waals surface area contributed by atoms with Crippen LogP contribution in [0.5, 0.6) is 0 Å². The van der Waals surface area contributed by atoms with Crippen LogP contribution >= 0.6 is 0 Å². The largest absolute Gasteiger partial charge is 0.419 e. The molecule has 1 aromatic rings. The normalized spacial score (nSPS) is 21.5. The third kappa shape index (κ3) is 3.60. The molecule has 9 heteroatoms. The lowest BCUT2D eigenvalue weighted by atomic mass is 10.2. The van der Waals surface area contributed by atoms with Gasteiger partial charge >= 0.3 is 11.9 Å². The van der Waals surface area contributed by atoms with Gasteiger partial charge in [-0.05, 0) is 30.7 Å². The summed E-state index contributed by atoms with van der Waals surface area (Å²) in [4.78, 5) is 23.7. The van der Waals surface area contributed by atoms with Crippen molar-refractivity contribution in [2.75, 3.05) is 21.9 Å². The summed E-state index contributed by atoms with van der Waals surface area (Å²) in [5.41, 5.74) is 0.915. The van der Waals surface area contributed by atoms with Gasteiger partial charge in [0.15, 0.2) is 5.57 Å². The van der Waals surface area contributed by atoms with E-state index < -0.39 is 27.7 Å². The number of nitrogens with one attached hydrogen (secondary N) is 1. The Morgan fingerprint density at radius 2 is 1.72 bits per heavy atom. The average Bonchev–Trinajstić information content (AvgIpc) is 2.85. The molecule has 2 heterocycles. The Bertz CT molecular complexity index is 820. The van der Waals surface area contributed by atoms with Gasteiger partial charge in [0.1, 0.15) is 0 Å². The van der Waals surface area contributed by atoms with Crippen LogP contribution in [0.25, 0.3) is 0 Å². The van der Waals surface area contributed by atoms with Crippen molar-refractivity contribution in [1.29, 1.82) is 0 Å². The number of benzene rings is 1. The van der Waals surface area contributed by atoms with Crippen LogP contribution in [-0.4, -0.2) is 38.4 Å². The van der Waals surface area contributed by atoms with E-state index in [1.165, 1.54) is 24.4 Å². The first-order valence-electron chi connectivity index (χ1n) is 7.72. The second kappa shape index (κ2) is 6.07. The van der Waals surface area contributed by atoms with Crippen LogP contribution in [-0.2, 0) is 29.1 Å². The van der Waals surface area contributed by atoms with Crippen LogP contribution in [0, 0.1) is 0 Å². The molecule has 2 fully saturated rings. The zero-order valence-corrected chi connectivity index (χ0v) is 14.6. The summed E-state index contributed by atoms with van der Waals surface area (Å²) >= 11 is 0. The van der Waals surface area contributed by atoms with E-state index in [4.69, 9.17) is 9.47 Å². The van der Waals surface area contributed by atoms with Crippen LogP contribution in [0.4, 0.5) is 11.4 Å². The minimum absolute atomic E-state index is 0.152. The maximum Gasteiger partial charge on any atom is 0.350 e. The predicted octanol–water partition coefficient (Wildman–Crippen LogP) is 1.36. The molecule has 0 saturated carbocycles. The molecule has 0 unspecified atom stereocenters. The van der Waals surface area contributed by atoms with Gasteiger partial charge < -0.3 is 14.8 Å². The number of hydrogen-bond donors (Lipinski definition) is 1. The van der Waals surface area contributed by atoms with Crippen LogP contribution in [0.3, 0.4) is 0 Å². The molecular weight excluding hydrogens is 348 g/mol. The van der Waals surface area contributed by atoms with Gasteiger partial charge in [-0.25, -0.2) is 18.0 Å². The Labute approximate surface area is 145 Å². The summed E-state index contributed by atoms with van der Waals surface area (Å²) in [5, 5.41) is 2.81. The van der Waals surface area contributed by atoms with Gasteiger partial charge in [-0.3, -0.25) is 4.31 Å². The Balaban J connectivity index is 1.72. The maximum absolute atomic E-state index is 11.9. The van der Waals surface area contributed by atoms with Crippen LogP contribution in [0.15, 0.2) is 36.0 Å². The lowest BCUT2D eigenvalue weighted by Gasteiger charge is -2.29. The molecule has 2 saturated heterocycles. The molecule has 0 spiro atoms. The van der Waals surface area contributed by atoms with Crippen molar-refractivity contribution in [1.82, 2.24) is 0 Å². The van der Waals surface area contributed by atoms with Crippen molar-refractivity contribution in [3.05, 3.63) is 36.0 Å². The molecule has 0 atom stereocenters. The number of carbonyl (C=O) groups is 2. The number of carbonyl (C=O) groups excluding carboxylic acids is 2. The highest BCUT2D eigenvalue weighted by molar-refractivity contribution is 7.93. The molecule has 1 N–H and O–H groups in total. The second-order valence-electron chi connectivity index (χ2n) is 6.17. The van der Waals surface area contributed by atoms with Gasteiger partial charge in [0.2, 0.25) is 10.0 Å². The molecule has 0 amide bonds. The smallest absolute Gasteiger partial charge is 0.350 e. The maximum atomic E-state index is 11.9. The standard InChI is InChI=1S/C16H18N2O6S/c1-16(2)23-14(19)13(15(20)24-16)10-17-11-4-6-12(7-5-11)18-8-3-9-25(18,21)22/h4-7,10,17H,3,8-9H2,1-2H3. The zero-order valence-electron chi connectivity index (χ0n) is 13.8. The Morgan fingerprint density at radius 3 is 2.24 bits per heavy atom. The molecule has 0 radical (unpaired) electrons. The average molecular weight is 366 g/mol. The molecule has 0 aliphatic carbocycles. The summed E-state index contributed by atoms with van der Waals surface area (Å²) in [5.74, 6) is -2.67. The summed E-state index contributed by atoms with van der Waals surface area (Å²) in [6.45, 7) is 3.41. The number of hydrogen-bond acceptors (Lipinski definition) is 7. The van der Waals surface area contributed by atoms with E-state index in [-0.39, 0.29) is 11.3 Å². The Morgan fingerprint density at radius 1 is 1.12 bits per heavy atom. The first kappa shape index (κ1) is 17.3. The van der Waals surface area contributed by atoms with E-state index in [0.717, 1.165) is 0 Å². The number of esters is 2. The number of anilines is 2. The van der Waals surface area contributed by atoms with Gasteiger partial charge in [-0.15, -0.1) is 0 Å². The minimum atomic E-state index is -3.23. The number of ether oxygens (including phenoxy) is 2. The highest BCUT2D eigenvalue weighted by atomic mass is 32.2. The van der Waals surface area contributed by atoms with E-state index in [1.54, 1.807) is 24.3 Å². The van der Waals surface area contributed by atoms with E-state index in [0.29, 0.717) is 24.3 Å².